The minimum atomic E-state index is -0.736. The van der Waals surface area contributed by atoms with Crippen molar-refractivity contribution in [3.05, 3.63) is 82.4 Å². The van der Waals surface area contributed by atoms with Crippen molar-refractivity contribution >= 4 is 17.5 Å². The zero-order valence-electron chi connectivity index (χ0n) is 25.0. The molecule has 0 unspecified atom stereocenters. The van der Waals surface area contributed by atoms with E-state index in [-0.39, 0.29) is 18.1 Å². The van der Waals surface area contributed by atoms with E-state index in [1.165, 1.54) is 0 Å². The largest absolute Gasteiger partial charge is 0.497 e. The molecule has 6 rings (SSSR count). The van der Waals surface area contributed by atoms with Gasteiger partial charge >= 0.3 is 0 Å². The predicted octanol–water partition coefficient (Wildman–Crippen LogP) is 4.61. The molecule has 1 N–H and O–H groups in total. The second-order valence-electron chi connectivity index (χ2n) is 11.7. The summed E-state index contributed by atoms with van der Waals surface area (Å²) < 4.78 is 29.2. The van der Waals surface area contributed by atoms with E-state index in [2.05, 4.69) is 4.90 Å². The fourth-order valence-corrected chi connectivity index (χ4v) is 6.27. The maximum atomic E-state index is 13.4. The van der Waals surface area contributed by atoms with Gasteiger partial charge in [0.1, 0.15) is 47.9 Å². The Kier molecular flexibility index (Phi) is 9.47. The molecule has 1 spiro atoms. The van der Waals surface area contributed by atoms with Crippen LogP contribution in [0.5, 0.6) is 23.0 Å². The minimum Gasteiger partial charge on any atom is -0.497 e. The number of hydrogen-bond donors (Lipinski definition) is 1. The first-order valence-corrected chi connectivity index (χ1v) is 15.5. The van der Waals surface area contributed by atoms with Crippen molar-refractivity contribution in [1.29, 1.82) is 0 Å². The number of halogens is 1. The summed E-state index contributed by atoms with van der Waals surface area (Å²) in [5.74, 6) is 2.54. The van der Waals surface area contributed by atoms with Crippen molar-refractivity contribution in [2.45, 2.75) is 37.6 Å². The number of aliphatic hydroxyl groups is 1. The molecular weight excluding hydrogens is 584 g/mol. The van der Waals surface area contributed by atoms with Crippen molar-refractivity contribution in [1.82, 2.24) is 9.80 Å². The minimum absolute atomic E-state index is 0.0490. The molecule has 3 aromatic rings. The molecule has 2 saturated heterocycles. The molecule has 3 heterocycles. The van der Waals surface area contributed by atoms with E-state index in [1.54, 1.807) is 30.2 Å². The van der Waals surface area contributed by atoms with Crippen LogP contribution in [0.1, 0.15) is 34.3 Å². The Morgan fingerprint density at radius 3 is 2.48 bits per heavy atom. The summed E-state index contributed by atoms with van der Waals surface area (Å²) in [5, 5.41) is 11.7. The van der Waals surface area contributed by atoms with Crippen molar-refractivity contribution in [2.24, 2.45) is 0 Å². The Balaban J connectivity index is 1.06. The SMILES string of the molecule is COc1ccc(COc2ccc(C(=O)N3CCOCC3)c(OC[C@@H](O)CN3CCC4(CC3)Cc3cc(Cl)ccc3O4)c2)cc1. The number of aliphatic hydroxyl groups excluding tert-OH is 1. The lowest BCUT2D eigenvalue weighted by atomic mass is 9.87. The fraction of sp³-hybridized carbons (Fsp3) is 0.441. The number of piperidine rings is 1. The van der Waals surface area contributed by atoms with Crippen LogP contribution < -0.4 is 18.9 Å². The van der Waals surface area contributed by atoms with E-state index in [0.717, 1.165) is 60.0 Å². The zero-order chi connectivity index (χ0) is 30.5. The van der Waals surface area contributed by atoms with Gasteiger partial charge in [0, 0.05) is 63.1 Å². The number of methoxy groups -OCH3 is 1. The normalized spacial score (nSPS) is 18.4. The van der Waals surface area contributed by atoms with Gasteiger partial charge < -0.3 is 38.6 Å². The number of carbonyl (C=O) groups is 1. The first-order valence-electron chi connectivity index (χ1n) is 15.2. The van der Waals surface area contributed by atoms with Gasteiger partial charge in [-0.2, -0.15) is 0 Å². The average Bonchev–Trinajstić information content (AvgIpc) is 3.41. The number of fused-ring (bicyclic) bond motifs is 1. The molecule has 234 valence electrons. The molecule has 2 fully saturated rings. The maximum Gasteiger partial charge on any atom is 0.257 e. The van der Waals surface area contributed by atoms with Gasteiger partial charge in [-0.15, -0.1) is 0 Å². The number of β-amino-alcohol motifs (C(OH)–C–C–N with tert-alkyl or cyclic N) is 1. The highest BCUT2D eigenvalue weighted by Gasteiger charge is 2.42. The molecule has 3 aliphatic heterocycles. The van der Waals surface area contributed by atoms with Crippen LogP contribution in [0.4, 0.5) is 0 Å². The Morgan fingerprint density at radius 1 is 0.977 bits per heavy atom. The molecule has 0 radical (unpaired) electrons. The summed E-state index contributed by atoms with van der Waals surface area (Å²) in [6.07, 6.45) is 1.87. The monoisotopic (exact) mass is 622 g/mol. The third-order valence-electron chi connectivity index (χ3n) is 8.58. The third-order valence-corrected chi connectivity index (χ3v) is 8.81. The average molecular weight is 623 g/mol. The highest BCUT2D eigenvalue weighted by atomic mass is 35.5. The lowest BCUT2D eigenvalue weighted by Gasteiger charge is -2.39. The van der Waals surface area contributed by atoms with E-state index >= 15 is 0 Å². The lowest BCUT2D eigenvalue weighted by molar-refractivity contribution is -0.00208. The van der Waals surface area contributed by atoms with E-state index in [4.69, 9.17) is 35.3 Å². The molecule has 0 aromatic heterocycles. The number of nitrogens with zero attached hydrogens (tertiary/aromatic N) is 2. The Bertz CT molecular complexity index is 1440. The number of carbonyl (C=O) groups excluding carboxylic acids is 1. The fourth-order valence-electron chi connectivity index (χ4n) is 6.07. The molecule has 3 aliphatic rings. The van der Waals surface area contributed by atoms with Crippen molar-refractivity contribution < 1.29 is 33.6 Å². The summed E-state index contributed by atoms with van der Waals surface area (Å²) >= 11 is 6.19. The number of rotatable bonds is 10. The lowest BCUT2D eigenvalue weighted by Crippen LogP contribution is -2.49. The molecule has 0 bridgehead atoms. The number of amides is 1. The summed E-state index contributed by atoms with van der Waals surface area (Å²) in [6, 6.07) is 18.7. The Labute approximate surface area is 263 Å². The van der Waals surface area contributed by atoms with Crippen LogP contribution in [0.25, 0.3) is 0 Å². The second-order valence-corrected chi connectivity index (χ2v) is 12.1. The number of likely N-dealkylation sites (tertiary alicyclic amines) is 1. The molecule has 0 aliphatic carbocycles. The molecular formula is C34H39ClN2O7. The van der Waals surface area contributed by atoms with Crippen molar-refractivity contribution in [3.8, 4) is 23.0 Å². The van der Waals surface area contributed by atoms with Crippen LogP contribution in [0.2, 0.25) is 5.02 Å². The number of ether oxygens (including phenoxy) is 5. The highest BCUT2D eigenvalue weighted by molar-refractivity contribution is 6.30. The Morgan fingerprint density at radius 2 is 1.73 bits per heavy atom. The van der Waals surface area contributed by atoms with Gasteiger partial charge in [0.05, 0.1) is 25.9 Å². The van der Waals surface area contributed by atoms with Crippen LogP contribution in [0.15, 0.2) is 60.7 Å². The number of hydrogen-bond acceptors (Lipinski definition) is 8. The molecule has 1 amide bonds. The maximum absolute atomic E-state index is 13.4. The van der Waals surface area contributed by atoms with Crippen LogP contribution in [-0.4, -0.2) is 92.2 Å². The standard InChI is InChI=1S/C34H39ClN2O7/c1-40-28-5-2-24(3-6-28)22-42-29-7-8-30(33(39)37-14-16-41-17-15-37)32(19-29)43-23-27(38)21-36-12-10-34(11-13-36)20-25-18-26(35)4-9-31(25)44-34/h2-9,18-19,27,38H,10-17,20-23H2,1H3/t27-/m0/s1. The smallest absolute Gasteiger partial charge is 0.257 e. The van der Waals surface area contributed by atoms with Crippen molar-refractivity contribution in [3.63, 3.8) is 0 Å². The van der Waals surface area contributed by atoms with E-state index in [0.29, 0.717) is 56.5 Å². The van der Waals surface area contributed by atoms with Gasteiger partial charge in [-0.3, -0.25) is 4.79 Å². The number of benzene rings is 3. The second kappa shape index (κ2) is 13.6. The van der Waals surface area contributed by atoms with E-state index in [1.807, 2.05) is 42.5 Å². The van der Waals surface area contributed by atoms with Gasteiger partial charge in [0.2, 0.25) is 0 Å². The van der Waals surface area contributed by atoms with Gasteiger partial charge in [-0.1, -0.05) is 23.7 Å². The zero-order valence-corrected chi connectivity index (χ0v) is 25.8. The first kappa shape index (κ1) is 30.5. The Hall–Kier alpha value is -3.50. The summed E-state index contributed by atoms with van der Waals surface area (Å²) in [4.78, 5) is 17.4. The van der Waals surface area contributed by atoms with Gasteiger partial charge in [0.25, 0.3) is 5.91 Å². The van der Waals surface area contributed by atoms with Gasteiger partial charge in [-0.05, 0) is 53.6 Å². The predicted molar refractivity (Wildman–Crippen MR) is 166 cm³/mol. The molecule has 1 atom stereocenters. The number of morpholine rings is 1. The highest BCUT2D eigenvalue weighted by Crippen LogP contribution is 2.42. The van der Waals surface area contributed by atoms with Gasteiger partial charge in [-0.25, -0.2) is 0 Å². The molecule has 44 heavy (non-hydrogen) atoms. The van der Waals surface area contributed by atoms with E-state index < -0.39 is 6.10 Å². The summed E-state index contributed by atoms with van der Waals surface area (Å²) in [5.41, 5.74) is 2.38. The molecule has 0 saturated carbocycles. The van der Waals surface area contributed by atoms with Crippen LogP contribution in [0.3, 0.4) is 0 Å². The first-order chi connectivity index (χ1) is 21.4. The molecule has 10 heteroatoms. The van der Waals surface area contributed by atoms with Crippen LogP contribution in [0, 0.1) is 0 Å². The third kappa shape index (κ3) is 7.24. The molecule has 9 nitrogen and oxygen atoms in total. The van der Waals surface area contributed by atoms with Gasteiger partial charge in [0.15, 0.2) is 0 Å². The van der Waals surface area contributed by atoms with E-state index in [9.17, 15) is 9.90 Å². The van der Waals surface area contributed by atoms with Crippen LogP contribution in [-0.2, 0) is 17.8 Å². The van der Waals surface area contributed by atoms with Crippen molar-refractivity contribution in [2.75, 3.05) is 59.7 Å². The summed E-state index contributed by atoms with van der Waals surface area (Å²) in [7, 11) is 1.63. The quantitative estimate of drug-likeness (QED) is 0.351. The topological polar surface area (TPSA) is 89.9 Å². The molecule has 3 aromatic carbocycles. The summed E-state index contributed by atoms with van der Waals surface area (Å²) in [6.45, 7) is 4.55. The van der Waals surface area contributed by atoms with Crippen LogP contribution >= 0.6 is 11.6 Å².